The first kappa shape index (κ1) is 14.2. The number of carbonyl (C=O) groups excluding carboxylic acids is 1. The van der Waals surface area contributed by atoms with Crippen LogP contribution in [-0.2, 0) is 10.5 Å². The van der Waals surface area contributed by atoms with Crippen molar-refractivity contribution in [1.29, 1.82) is 0 Å². The van der Waals surface area contributed by atoms with Crippen molar-refractivity contribution in [2.45, 2.75) is 11.8 Å². The van der Waals surface area contributed by atoms with Gasteiger partial charge >= 0.3 is 0 Å². The Labute approximate surface area is 130 Å². The second kappa shape index (κ2) is 4.93. The minimum absolute atomic E-state index is 0.202. The van der Waals surface area contributed by atoms with Crippen LogP contribution in [-0.4, -0.2) is 18.1 Å². The summed E-state index contributed by atoms with van der Waals surface area (Å²) in [5.41, 5.74) is -1.41. The summed E-state index contributed by atoms with van der Waals surface area (Å²) in [6.45, 7) is 0. The number of anilines is 1. The maximum Gasteiger partial charge on any atom is 0.272 e. The molecule has 108 valence electrons. The van der Waals surface area contributed by atoms with E-state index in [4.69, 9.17) is 0 Å². The molecule has 1 amide bonds. The number of halogens is 2. The molecule has 0 saturated carbocycles. The monoisotopic (exact) mass is 349 g/mol. The van der Waals surface area contributed by atoms with E-state index in [9.17, 15) is 9.90 Å². The van der Waals surface area contributed by atoms with Gasteiger partial charge in [-0.15, -0.1) is 0 Å². The Hall–Kier alpha value is -1.72. The van der Waals surface area contributed by atoms with E-state index in [1.165, 1.54) is 11.9 Å². The summed E-state index contributed by atoms with van der Waals surface area (Å²) >= 11 is 3.29. The smallest absolute Gasteiger partial charge is 0.272 e. The lowest BCUT2D eigenvalue weighted by Gasteiger charge is -2.25. The average Bonchev–Trinajstić information content (AvgIpc) is 2.71. The third-order valence-electron chi connectivity index (χ3n) is 3.84. The predicted molar refractivity (Wildman–Crippen MR) is 81.7 cm³/mol. The van der Waals surface area contributed by atoms with Gasteiger partial charge in [0.1, 0.15) is 6.10 Å². The summed E-state index contributed by atoms with van der Waals surface area (Å²) in [6.07, 6.45) is -1.55. The van der Waals surface area contributed by atoms with Crippen LogP contribution in [0.4, 0.5) is 10.1 Å². The number of para-hydroxylation sites is 1. The van der Waals surface area contributed by atoms with Gasteiger partial charge in [-0.1, -0.05) is 46.3 Å². The molecule has 0 fully saturated rings. The van der Waals surface area contributed by atoms with Crippen molar-refractivity contribution in [3.63, 3.8) is 0 Å². The first-order valence-electron chi connectivity index (χ1n) is 6.46. The molecule has 0 aromatic heterocycles. The van der Waals surface area contributed by atoms with Gasteiger partial charge < -0.3 is 10.0 Å². The SMILES string of the molecule is CN1C(=O)[C@](F)(C(O)c2ccc(Br)cc2)c2ccccc21. The number of likely N-dealkylation sites (N-methyl/N-ethyl adjacent to an activating group) is 1. The molecule has 3 nitrogen and oxygen atoms in total. The van der Waals surface area contributed by atoms with Gasteiger partial charge in [-0.05, 0) is 23.8 Å². The standard InChI is InChI=1S/C16H13BrFNO2/c1-19-13-5-3-2-4-12(13)16(18,15(19)21)14(20)10-6-8-11(17)9-7-10/h2-9,14,20H,1H3/t14?,16-/m1/s1. The van der Waals surface area contributed by atoms with Gasteiger partial charge in [-0.3, -0.25) is 4.79 Å². The maximum atomic E-state index is 15.5. The summed E-state index contributed by atoms with van der Waals surface area (Å²) in [6, 6.07) is 13.2. The van der Waals surface area contributed by atoms with Crippen molar-refractivity contribution >= 4 is 27.5 Å². The van der Waals surface area contributed by atoms with Crippen molar-refractivity contribution in [2.24, 2.45) is 0 Å². The number of rotatable bonds is 2. The van der Waals surface area contributed by atoms with Gasteiger partial charge in [-0.2, -0.15) is 0 Å². The zero-order chi connectivity index (χ0) is 15.2. The number of aliphatic hydroxyl groups is 1. The van der Waals surface area contributed by atoms with Crippen LogP contribution in [0.25, 0.3) is 0 Å². The molecule has 21 heavy (non-hydrogen) atoms. The quantitative estimate of drug-likeness (QED) is 0.903. The van der Waals surface area contributed by atoms with Crippen LogP contribution in [0, 0.1) is 0 Å². The normalized spacial score (nSPS) is 22.3. The van der Waals surface area contributed by atoms with Crippen molar-refractivity contribution in [3.05, 3.63) is 64.1 Å². The minimum Gasteiger partial charge on any atom is -0.384 e. The third kappa shape index (κ3) is 2.00. The van der Waals surface area contributed by atoms with Crippen LogP contribution in [0.5, 0.6) is 0 Å². The summed E-state index contributed by atoms with van der Waals surface area (Å²) < 4.78 is 16.3. The Morgan fingerprint density at radius 1 is 1.19 bits per heavy atom. The second-order valence-corrected chi connectivity index (χ2v) is 5.96. The van der Waals surface area contributed by atoms with Gasteiger partial charge in [0.25, 0.3) is 5.91 Å². The lowest BCUT2D eigenvalue weighted by atomic mass is 9.87. The highest BCUT2D eigenvalue weighted by Crippen LogP contribution is 2.49. The van der Waals surface area contributed by atoms with Crippen molar-refractivity contribution in [1.82, 2.24) is 0 Å². The number of fused-ring (bicyclic) bond motifs is 1. The van der Waals surface area contributed by atoms with Gasteiger partial charge in [0.15, 0.2) is 0 Å². The fourth-order valence-electron chi connectivity index (χ4n) is 2.68. The Morgan fingerprint density at radius 3 is 2.48 bits per heavy atom. The van der Waals surface area contributed by atoms with E-state index in [1.807, 2.05) is 0 Å². The Balaban J connectivity index is 2.12. The molecule has 3 rings (SSSR count). The van der Waals surface area contributed by atoms with Crippen LogP contribution >= 0.6 is 15.9 Å². The van der Waals surface area contributed by atoms with Crippen molar-refractivity contribution in [2.75, 3.05) is 11.9 Å². The summed E-state index contributed by atoms with van der Waals surface area (Å²) in [5, 5.41) is 10.5. The number of amides is 1. The number of carbonyl (C=O) groups is 1. The Kier molecular flexibility index (Phi) is 3.34. The number of hydrogen-bond donors (Lipinski definition) is 1. The van der Waals surface area contributed by atoms with E-state index in [0.29, 0.717) is 11.3 Å². The summed E-state index contributed by atoms with van der Waals surface area (Å²) in [7, 11) is 1.51. The molecule has 1 aliphatic heterocycles. The number of alkyl halides is 1. The predicted octanol–water partition coefficient (Wildman–Crippen LogP) is 3.32. The first-order valence-corrected chi connectivity index (χ1v) is 7.25. The van der Waals surface area contributed by atoms with E-state index >= 15 is 4.39 Å². The van der Waals surface area contributed by atoms with Crippen LogP contribution in [0.2, 0.25) is 0 Å². The molecule has 1 N–H and O–H groups in total. The largest absolute Gasteiger partial charge is 0.384 e. The third-order valence-corrected chi connectivity index (χ3v) is 4.36. The molecule has 2 aromatic carbocycles. The number of benzene rings is 2. The fourth-order valence-corrected chi connectivity index (χ4v) is 2.95. The summed E-state index contributed by atoms with van der Waals surface area (Å²) in [4.78, 5) is 13.6. The van der Waals surface area contributed by atoms with Crippen LogP contribution in [0.15, 0.2) is 53.0 Å². The van der Waals surface area contributed by atoms with Gasteiger partial charge in [0.05, 0.1) is 5.69 Å². The van der Waals surface area contributed by atoms with Gasteiger partial charge in [0.2, 0.25) is 5.67 Å². The molecule has 0 spiro atoms. The molecule has 0 radical (unpaired) electrons. The molecule has 0 saturated heterocycles. The van der Waals surface area contributed by atoms with Crippen LogP contribution in [0.3, 0.4) is 0 Å². The first-order chi connectivity index (χ1) is 9.96. The molecule has 2 aromatic rings. The van der Waals surface area contributed by atoms with E-state index < -0.39 is 17.7 Å². The topological polar surface area (TPSA) is 40.5 Å². The molecule has 1 unspecified atom stereocenters. The van der Waals surface area contributed by atoms with E-state index in [1.54, 1.807) is 48.5 Å². The minimum atomic E-state index is -2.46. The molecule has 1 aliphatic rings. The van der Waals surface area contributed by atoms with E-state index in [2.05, 4.69) is 15.9 Å². The molecule has 5 heteroatoms. The fraction of sp³-hybridized carbons (Fsp3) is 0.188. The molecular formula is C16H13BrFNO2. The highest BCUT2D eigenvalue weighted by molar-refractivity contribution is 9.10. The molecule has 1 heterocycles. The highest BCUT2D eigenvalue weighted by atomic mass is 79.9. The average molecular weight is 350 g/mol. The van der Waals surface area contributed by atoms with E-state index in [-0.39, 0.29) is 5.56 Å². The Bertz CT molecular complexity index is 704. The molecular weight excluding hydrogens is 337 g/mol. The van der Waals surface area contributed by atoms with Gasteiger partial charge in [0, 0.05) is 17.1 Å². The lowest BCUT2D eigenvalue weighted by Crippen LogP contribution is -2.39. The Morgan fingerprint density at radius 2 is 1.81 bits per heavy atom. The van der Waals surface area contributed by atoms with Crippen LogP contribution < -0.4 is 4.90 Å². The van der Waals surface area contributed by atoms with Crippen LogP contribution in [0.1, 0.15) is 17.2 Å². The second-order valence-electron chi connectivity index (χ2n) is 5.05. The zero-order valence-corrected chi connectivity index (χ0v) is 12.8. The lowest BCUT2D eigenvalue weighted by molar-refractivity contribution is -0.137. The summed E-state index contributed by atoms with van der Waals surface area (Å²) in [5.74, 6) is -0.751. The zero-order valence-electron chi connectivity index (χ0n) is 11.3. The highest BCUT2D eigenvalue weighted by Gasteiger charge is 2.56. The number of hydrogen-bond acceptors (Lipinski definition) is 2. The number of aliphatic hydroxyl groups excluding tert-OH is 1. The van der Waals surface area contributed by atoms with E-state index in [0.717, 1.165) is 4.47 Å². The number of nitrogens with zero attached hydrogens (tertiary/aromatic N) is 1. The molecule has 0 bridgehead atoms. The molecule has 0 aliphatic carbocycles. The van der Waals surface area contributed by atoms with Crippen molar-refractivity contribution in [3.8, 4) is 0 Å². The van der Waals surface area contributed by atoms with Crippen molar-refractivity contribution < 1.29 is 14.3 Å². The molecule has 2 atom stereocenters. The van der Waals surface area contributed by atoms with Gasteiger partial charge in [-0.25, -0.2) is 4.39 Å². The maximum absolute atomic E-state index is 15.5.